The van der Waals surface area contributed by atoms with Crippen molar-refractivity contribution in [2.45, 2.75) is 45.3 Å². The fourth-order valence-electron chi connectivity index (χ4n) is 1.18. The fourth-order valence-corrected chi connectivity index (χ4v) is 1.18. The molecule has 1 N–H and O–H groups in total. The monoisotopic (exact) mass is 212 g/mol. The van der Waals surface area contributed by atoms with Gasteiger partial charge in [0.2, 0.25) is 0 Å². The number of ether oxygens (including phenoxy) is 1. The standard InChI is InChI=1S/C12H20O3/c1-6-9(2)7-8-11(12(4,5)14)15-10(3)13/h6,11,14H,1-2,7-8H2,3-5H3. The van der Waals surface area contributed by atoms with Gasteiger partial charge in [-0.3, -0.25) is 4.79 Å². The molecule has 0 aliphatic rings. The Bertz CT molecular complexity index is 248. The van der Waals surface area contributed by atoms with Crippen molar-refractivity contribution < 1.29 is 14.6 Å². The van der Waals surface area contributed by atoms with Crippen molar-refractivity contribution in [1.82, 2.24) is 0 Å². The van der Waals surface area contributed by atoms with E-state index in [0.29, 0.717) is 12.8 Å². The van der Waals surface area contributed by atoms with E-state index in [2.05, 4.69) is 13.2 Å². The highest BCUT2D eigenvalue weighted by atomic mass is 16.6. The van der Waals surface area contributed by atoms with Crippen LogP contribution < -0.4 is 0 Å². The molecule has 1 atom stereocenters. The van der Waals surface area contributed by atoms with Gasteiger partial charge in [-0.2, -0.15) is 0 Å². The van der Waals surface area contributed by atoms with Crippen LogP contribution in [0.1, 0.15) is 33.6 Å². The van der Waals surface area contributed by atoms with Gasteiger partial charge in [-0.15, -0.1) is 0 Å². The Balaban J connectivity index is 4.32. The van der Waals surface area contributed by atoms with E-state index in [1.807, 2.05) is 0 Å². The lowest BCUT2D eigenvalue weighted by Gasteiger charge is -2.28. The zero-order valence-electron chi connectivity index (χ0n) is 9.75. The summed E-state index contributed by atoms with van der Waals surface area (Å²) in [6.07, 6.45) is 2.36. The fraction of sp³-hybridized carbons (Fsp3) is 0.583. The predicted octanol–water partition coefficient (Wildman–Crippen LogP) is 2.21. The second kappa shape index (κ2) is 5.71. The van der Waals surface area contributed by atoms with Gasteiger partial charge in [0.25, 0.3) is 0 Å². The minimum atomic E-state index is -1.03. The van der Waals surface area contributed by atoms with Gasteiger partial charge in [0, 0.05) is 6.92 Å². The predicted molar refractivity (Wildman–Crippen MR) is 60.4 cm³/mol. The molecule has 1 unspecified atom stereocenters. The first-order valence-electron chi connectivity index (χ1n) is 4.97. The maximum atomic E-state index is 10.8. The third-order valence-corrected chi connectivity index (χ3v) is 2.11. The van der Waals surface area contributed by atoms with E-state index in [9.17, 15) is 9.90 Å². The molecule has 0 aromatic rings. The van der Waals surface area contributed by atoms with Gasteiger partial charge in [0.1, 0.15) is 6.10 Å². The first-order chi connectivity index (χ1) is 6.77. The van der Waals surface area contributed by atoms with Crippen LogP contribution in [-0.4, -0.2) is 22.8 Å². The molecule has 0 amide bonds. The van der Waals surface area contributed by atoms with E-state index in [1.54, 1.807) is 19.9 Å². The summed E-state index contributed by atoms with van der Waals surface area (Å²) in [5.41, 5.74) is -0.163. The van der Waals surface area contributed by atoms with Crippen molar-refractivity contribution in [3.8, 4) is 0 Å². The third-order valence-electron chi connectivity index (χ3n) is 2.11. The van der Waals surface area contributed by atoms with Crippen molar-refractivity contribution in [3.05, 3.63) is 24.8 Å². The van der Waals surface area contributed by atoms with Crippen LogP contribution in [0.5, 0.6) is 0 Å². The number of allylic oxidation sites excluding steroid dienone is 2. The number of aliphatic hydroxyl groups is 1. The van der Waals surface area contributed by atoms with Crippen LogP contribution in [0, 0.1) is 0 Å². The SMILES string of the molecule is C=CC(=C)CCC(OC(C)=O)C(C)(C)O. The van der Waals surface area contributed by atoms with Crippen LogP contribution >= 0.6 is 0 Å². The lowest BCUT2D eigenvalue weighted by atomic mass is 9.95. The molecule has 3 heteroatoms. The van der Waals surface area contributed by atoms with Crippen molar-refractivity contribution in [2.24, 2.45) is 0 Å². The van der Waals surface area contributed by atoms with E-state index >= 15 is 0 Å². The second-order valence-corrected chi connectivity index (χ2v) is 4.15. The Morgan fingerprint density at radius 3 is 2.47 bits per heavy atom. The summed E-state index contributed by atoms with van der Waals surface area (Å²) >= 11 is 0. The van der Waals surface area contributed by atoms with Gasteiger partial charge in [0.15, 0.2) is 0 Å². The van der Waals surface area contributed by atoms with Gasteiger partial charge in [0.05, 0.1) is 5.60 Å². The van der Waals surface area contributed by atoms with Crippen molar-refractivity contribution >= 4 is 5.97 Å². The summed E-state index contributed by atoms with van der Waals surface area (Å²) in [7, 11) is 0. The highest BCUT2D eigenvalue weighted by Crippen LogP contribution is 2.20. The molecule has 0 rings (SSSR count). The highest BCUT2D eigenvalue weighted by molar-refractivity contribution is 5.66. The Labute approximate surface area is 91.4 Å². The van der Waals surface area contributed by atoms with Crippen LogP contribution in [0.3, 0.4) is 0 Å². The topological polar surface area (TPSA) is 46.5 Å². The number of carbonyl (C=O) groups is 1. The van der Waals surface area contributed by atoms with E-state index in [4.69, 9.17) is 4.74 Å². The van der Waals surface area contributed by atoms with Crippen LogP contribution in [0.25, 0.3) is 0 Å². The first kappa shape index (κ1) is 13.9. The number of rotatable bonds is 6. The average molecular weight is 212 g/mol. The second-order valence-electron chi connectivity index (χ2n) is 4.15. The normalized spacial score (nSPS) is 13.1. The van der Waals surface area contributed by atoms with Crippen LogP contribution in [0.15, 0.2) is 24.8 Å². The highest BCUT2D eigenvalue weighted by Gasteiger charge is 2.29. The number of hydrogen-bond acceptors (Lipinski definition) is 3. The molecular formula is C12H20O3. The Kier molecular flexibility index (Phi) is 5.29. The lowest BCUT2D eigenvalue weighted by Crippen LogP contribution is -2.39. The number of carbonyl (C=O) groups excluding carboxylic acids is 1. The Morgan fingerprint density at radius 2 is 2.13 bits per heavy atom. The van der Waals surface area contributed by atoms with Gasteiger partial charge in [-0.1, -0.05) is 24.8 Å². The zero-order valence-corrected chi connectivity index (χ0v) is 9.75. The quantitative estimate of drug-likeness (QED) is 0.542. The molecule has 0 spiro atoms. The number of hydrogen-bond donors (Lipinski definition) is 1. The molecule has 0 aromatic heterocycles. The third kappa shape index (κ3) is 6.07. The summed E-state index contributed by atoms with van der Waals surface area (Å²) in [4.78, 5) is 10.8. The minimum Gasteiger partial charge on any atom is -0.460 e. The summed E-state index contributed by atoms with van der Waals surface area (Å²) in [6, 6.07) is 0. The average Bonchev–Trinajstić information content (AvgIpc) is 2.09. The Hall–Kier alpha value is -1.09. The molecule has 0 aromatic carbocycles. The van der Waals surface area contributed by atoms with Crippen LogP contribution in [0.4, 0.5) is 0 Å². The maximum Gasteiger partial charge on any atom is 0.303 e. The smallest absolute Gasteiger partial charge is 0.303 e. The molecule has 0 saturated heterocycles. The molecule has 0 saturated carbocycles. The van der Waals surface area contributed by atoms with E-state index in [1.165, 1.54) is 6.92 Å². The maximum absolute atomic E-state index is 10.8. The van der Waals surface area contributed by atoms with E-state index in [-0.39, 0.29) is 5.97 Å². The summed E-state index contributed by atoms with van der Waals surface area (Å²) < 4.78 is 5.05. The molecule has 86 valence electrons. The molecular weight excluding hydrogens is 192 g/mol. The zero-order chi connectivity index (χ0) is 12.1. The van der Waals surface area contributed by atoms with Gasteiger partial charge in [-0.05, 0) is 26.7 Å². The van der Waals surface area contributed by atoms with Crippen LogP contribution in [0.2, 0.25) is 0 Å². The molecule has 0 bridgehead atoms. The van der Waals surface area contributed by atoms with Crippen molar-refractivity contribution in [3.63, 3.8) is 0 Å². The minimum absolute atomic E-state index is 0.383. The van der Waals surface area contributed by atoms with Gasteiger partial charge >= 0.3 is 5.97 Å². The lowest BCUT2D eigenvalue weighted by molar-refractivity contribution is -0.159. The molecule has 0 aliphatic carbocycles. The van der Waals surface area contributed by atoms with E-state index < -0.39 is 11.7 Å². The molecule has 0 heterocycles. The molecule has 0 fully saturated rings. The molecule has 3 nitrogen and oxygen atoms in total. The number of esters is 1. The Morgan fingerprint density at radius 1 is 1.60 bits per heavy atom. The largest absolute Gasteiger partial charge is 0.460 e. The molecule has 15 heavy (non-hydrogen) atoms. The van der Waals surface area contributed by atoms with E-state index in [0.717, 1.165) is 5.57 Å². The summed E-state index contributed by atoms with van der Waals surface area (Å²) in [5.74, 6) is -0.383. The molecule has 0 aliphatic heterocycles. The van der Waals surface area contributed by atoms with Crippen molar-refractivity contribution in [1.29, 1.82) is 0 Å². The summed E-state index contributed by atoms with van der Waals surface area (Å²) in [5, 5.41) is 9.78. The molecule has 0 radical (unpaired) electrons. The van der Waals surface area contributed by atoms with Gasteiger partial charge < -0.3 is 9.84 Å². The van der Waals surface area contributed by atoms with Crippen molar-refractivity contribution in [2.75, 3.05) is 0 Å². The van der Waals surface area contributed by atoms with Crippen LogP contribution in [-0.2, 0) is 9.53 Å². The first-order valence-corrected chi connectivity index (χ1v) is 4.97. The summed E-state index contributed by atoms with van der Waals surface area (Å²) in [6.45, 7) is 11.9. The van der Waals surface area contributed by atoms with Gasteiger partial charge in [-0.25, -0.2) is 0 Å².